The third kappa shape index (κ3) is 5.27. The highest BCUT2D eigenvalue weighted by Crippen LogP contribution is 2.34. The van der Waals surface area contributed by atoms with E-state index in [4.69, 9.17) is 4.42 Å². The smallest absolute Gasteiger partial charge is 0.304 e. The van der Waals surface area contributed by atoms with Gasteiger partial charge in [0.05, 0.1) is 12.1 Å². The Balaban J connectivity index is 1.44. The molecule has 4 aromatic carbocycles. The molecule has 0 bridgehead atoms. The van der Waals surface area contributed by atoms with Crippen LogP contribution in [0.4, 0.5) is 23.1 Å². The standard InChI is InChI=1S/C31H27N3O4/c1-20-8-6-7-11-27(20)32-31-33-28-17-16-25(18-29(28)38-31)34(21(2)35)24-14-12-23(13-15-24)26(19-30(36)37)22-9-4-3-5-10-22/h3-18,26H,19H2,1-2H3,(H,32,33)(H,36,37)/t26-/m1/s1. The minimum atomic E-state index is -0.870. The quantitative estimate of drug-likeness (QED) is 0.232. The van der Waals surface area contributed by atoms with Crippen LogP contribution in [-0.2, 0) is 9.59 Å². The Morgan fingerprint density at radius 3 is 2.24 bits per heavy atom. The zero-order chi connectivity index (χ0) is 26.6. The number of aromatic nitrogens is 1. The monoisotopic (exact) mass is 505 g/mol. The number of amides is 1. The van der Waals surface area contributed by atoms with Gasteiger partial charge in [0, 0.05) is 30.3 Å². The zero-order valence-corrected chi connectivity index (χ0v) is 21.1. The lowest BCUT2D eigenvalue weighted by atomic mass is 9.88. The lowest BCUT2D eigenvalue weighted by Gasteiger charge is -2.23. The number of carbonyl (C=O) groups is 2. The number of carboxylic acid groups (broad SMARTS) is 1. The van der Waals surface area contributed by atoms with E-state index >= 15 is 0 Å². The van der Waals surface area contributed by atoms with Crippen LogP contribution in [0.5, 0.6) is 0 Å². The van der Waals surface area contributed by atoms with Gasteiger partial charge in [-0.25, -0.2) is 0 Å². The van der Waals surface area contributed by atoms with Gasteiger partial charge in [0.2, 0.25) is 5.91 Å². The van der Waals surface area contributed by atoms with Crippen LogP contribution in [0.1, 0.15) is 36.0 Å². The number of aliphatic carboxylic acids is 1. The van der Waals surface area contributed by atoms with E-state index in [1.165, 1.54) is 6.92 Å². The molecule has 0 radical (unpaired) electrons. The van der Waals surface area contributed by atoms with Crippen LogP contribution in [0.2, 0.25) is 0 Å². The number of aryl methyl sites for hydroxylation is 1. The van der Waals surface area contributed by atoms with Crippen molar-refractivity contribution in [3.63, 3.8) is 0 Å². The molecule has 38 heavy (non-hydrogen) atoms. The van der Waals surface area contributed by atoms with E-state index < -0.39 is 5.97 Å². The second-order valence-electron chi connectivity index (χ2n) is 9.12. The third-order valence-electron chi connectivity index (χ3n) is 6.47. The van der Waals surface area contributed by atoms with Crippen LogP contribution in [-0.4, -0.2) is 22.0 Å². The average molecular weight is 506 g/mol. The lowest BCUT2D eigenvalue weighted by molar-refractivity contribution is -0.137. The molecule has 0 aliphatic heterocycles. The van der Waals surface area contributed by atoms with Gasteiger partial charge in [0.1, 0.15) is 5.52 Å². The fraction of sp³-hybridized carbons (Fsp3) is 0.129. The molecule has 0 unspecified atom stereocenters. The van der Waals surface area contributed by atoms with Crippen molar-refractivity contribution in [2.75, 3.05) is 10.2 Å². The summed E-state index contributed by atoms with van der Waals surface area (Å²) in [5, 5.41) is 12.7. The highest BCUT2D eigenvalue weighted by atomic mass is 16.4. The van der Waals surface area contributed by atoms with E-state index in [-0.39, 0.29) is 18.2 Å². The Morgan fingerprint density at radius 1 is 0.895 bits per heavy atom. The highest BCUT2D eigenvalue weighted by Gasteiger charge is 2.20. The van der Waals surface area contributed by atoms with Gasteiger partial charge in [-0.05, 0) is 53.9 Å². The molecule has 2 N–H and O–H groups in total. The van der Waals surface area contributed by atoms with Gasteiger partial charge in [0.15, 0.2) is 5.58 Å². The van der Waals surface area contributed by atoms with Crippen LogP contribution < -0.4 is 10.2 Å². The highest BCUT2D eigenvalue weighted by molar-refractivity contribution is 6.00. The molecule has 0 aliphatic rings. The Kier molecular flexibility index (Phi) is 6.91. The number of fused-ring (bicyclic) bond motifs is 1. The molecular formula is C31H27N3O4. The average Bonchev–Trinajstić information content (AvgIpc) is 3.31. The van der Waals surface area contributed by atoms with E-state index in [1.54, 1.807) is 11.0 Å². The molecule has 1 amide bonds. The molecule has 0 saturated carbocycles. The summed E-state index contributed by atoms with van der Waals surface area (Å²) in [4.78, 5) is 30.4. The van der Waals surface area contributed by atoms with Gasteiger partial charge in [-0.1, -0.05) is 60.7 Å². The minimum Gasteiger partial charge on any atom is -0.481 e. The molecule has 0 spiro atoms. The van der Waals surface area contributed by atoms with Gasteiger partial charge < -0.3 is 14.8 Å². The van der Waals surface area contributed by atoms with Crippen molar-refractivity contribution in [3.05, 3.63) is 114 Å². The van der Waals surface area contributed by atoms with E-state index in [0.717, 1.165) is 22.4 Å². The molecule has 0 fully saturated rings. The molecule has 190 valence electrons. The number of carbonyl (C=O) groups excluding carboxylic acids is 1. The van der Waals surface area contributed by atoms with Gasteiger partial charge in [0.25, 0.3) is 6.01 Å². The summed E-state index contributed by atoms with van der Waals surface area (Å²) in [6.07, 6.45) is -0.0270. The predicted molar refractivity (Wildman–Crippen MR) is 148 cm³/mol. The molecule has 1 atom stereocenters. The number of hydrogen-bond donors (Lipinski definition) is 2. The summed E-state index contributed by atoms with van der Waals surface area (Å²) < 4.78 is 5.95. The molecule has 0 saturated heterocycles. The summed E-state index contributed by atoms with van der Waals surface area (Å²) in [7, 11) is 0. The van der Waals surface area contributed by atoms with Crippen LogP contribution in [0.3, 0.4) is 0 Å². The zero-order valence-electron chi connectivity index (χ0n) is 21.1. The Bertz CT molecular complexity index is 1590. The van der Waals surface area contributed by atoms with Crippen molar-refractivity contribution in [2.24, 2.45) is 0 Å². The lowest BCUT2D eigenvalue weighted by Crippen LogP contribution is -2.22. The maximum absolute atomic E-state index is 12.7. The van der Waals surface area contributed by atoms with E-state index in [1.807, 2.05) is 97.9 Å². The van der Waals surface area contributed by atoms with Crippen molar-refractivity contribution in [3.8, 4) is 0 Å². The minimum absolute atomic E-state index is 0.0270. The summed E-state index contributed by atoms with van der Waals surface area (Å²) in [5.41, 5.74) is 6.29. The summed E-state index contributed by atoms with van der Waals surface area (Å²) in [5.74, 6) is -1.33. The van der Waals surface area contributed by atoms with Gasteiger partial charge in [-0.2, -0.15) is 4.98 Å². The third-order valence-corrected chi connectivity index (χ3v) is 6.47. The first-order chi connectivity index (χ1) is 18.4. The van der Waals surface area contributed by atoms with Crippen LogP contribution in [0.25, 0.3) is 11.1 Å². The number of nitrogens with one attached hydrogen (secondary N) is 1. The Morgan fingerprint density at radius 2 is 1.55 bits per heavy atom. The number of anilines is 4. The number of hydrogen-bond acceptors (Lipinski definition) is 5. The van der Waals surface area contributed by atoms with E-state index in [0.29, 0.717) is 28.5 Å². The molecule has 7 nitrogen and oxygen atoms in total. The SMILES string of the molecule is CC(=O)N(c1ccc([C@H](CC(=O)O)c2ccccc2)cc1)c1ccc2nc(Nc3ccccc3C)oc2c1. The topological polar surface area (TPSA) is 95.7 Å². The normalized spacial score (nSPS) is 11.7. The summed E-state index contributed by atoms with van der Waals surface area (Å²) in [6, 6.07) is 30.7. The van der Waals surface area contributed by atoms with Gasteiger partial charge in [-0.3, -0.25) is 14.5 Å². The van der Waals surface area contributed by atoms with E-state index in [2.05, 4.69) is 10.3 Å². The number of rotatable bonds is 8. The molecule has 5 aromatic rings. The van der Waals surface area contributed by atoms with E-state index in [9.17, 15) is 14.7 Å². The molecule has 0 aliphatic carbocycles. The molecular weight excluding hydrogens is 478 g/mol. The Labute approximate surface area is 220 Å². The maximum Gasteiger partial charge on any atom is 0.304 e. The number of oxazole rings is 1. The first-order valence-corrected chi connectivity index (χ1v) is 12.3. The number of para-hydroxylation sites is 1. The van der Waals surface area contributed by atoms with Crippen molar-refractivity contribution < 1.29 is 19.1 Å². The Hall–Kier alpha value is -4.91. The fourth-order valence-corrected chi connectivity index (χ4v) is 4.59. The second kappa shape index (κ2) is 10.6. The van der Waals surface area contributed by atoms with Crippen molar-refractivity contribution >= 4 is 46.1 Å². The van der Waals surface area contributed by atoms with Crippen molar-refractivity contribution in [2.45, 2.75) is 26.2 Å². The first kappa shape index (κ1) is 24.8. The van der Waals surface area contributed by atoms with Crippen LogP contribution >= 0.6 is 0 Å². The van der Waals surface area contributed by atoms with Crippen LogP contribution in [0.15, 0.2) is 101 Å². The number of carboxylic acids is 1. The summed E-state index contributed by atoms with van der Waals surface area (Å²) >= 11 is 0. The maximum atomic E-state index is 12.7. The number of nitrogens with zero attached hydrogens (tertiary/aromatic N) is 2. The second-order valence-corrected chi connectivity index (χ2v) is 9.12. The summed E-state index contributed by atoms with van der Waals surface area (Å²) in [6.45, 7) is 3.50. The first-order valence-electron chi connectivity index (χ1n) is 12.3. The molecule has 1 heterocycles. The van der Waals surface area contributed by atoms with Crippen LogP contribution in [0, 0.1) is 6.92 Å². The van der Waals surface area contributed by atoms with Crippen molar-refractivity contribution in [1.29, 1.82) is 0 Å². The fourth-order valence-electron chi connectivity index (χ4n) is 4.59. The van der Waals surface area contributed by atoms with Gasteiger partial charge >= 0.3 is 5.97 Å². The molecule has 5 rings (SSSR count). The molecule has 7 heteroatoms. The molecule has 1 aromatic heterocycles. The predicted octanol–water partition coefficient (Wildman–Crippen LogP) is 7.17. The van der Waals surface area contributed by atoms with Crippen molar-refractivity contribution in [1.82, 2.24) is 4.98 Å². The largest absolute Gasteiger partial charge is 0.481 e. The number of benzene rings is 4. The van der Waals surface area contributed by atoms with Gasteiger partial charge in [-0.15, -0.1) is 0 Å².